The molecule has 2 N–H and O–H groups in total. The number of carbonyl (C=O) groups is 2. The lowest BCUT2D eigenvalue weighted by Gasteiger charge is -2.33. The molecule has 2 amide bonds. The molecule has 3 aliphatic heterocycles. The van der Waals surface area contributed by atoms with E-state index >= 15 is 0 Å². The van der Waals surface area contributed by atoms with Crippen molar-refractivity contribution in [3.8, 4) is 0 Å². The fourth-order valence-corrected chi connectivity index (χ4v) is 5.86. The van der Waals surface area contributed by atoms with E-state index in [1.807, 2.05) is 11.8 Å². The normalized spacial score (nSPS) is 23.0. The molecule has 4 rings (SSSR count). The van der Waals surface area contributed by atoms with E-state index in [1.165, 1.54) is 0 Å². The highest BCUT2D eigenvalue weighted by Crippen LogP contribution is 2.31. The number of hydrogen-bond acceptors (Lipinski definition) is 6. The van der Waals surface area contributed by atoms with Crippen LogP contribution in [0.15, 0.2) is 33.6 Å². The van der Waals surface area contributed by atoms with Crippen molar-refractivity contribution in [3.05, 3.63) is 29.8 Å². The summed E-state index contributed by atoms with van der Waals surface area (Å²) in [5.41, 5.74) is 0.571. The van der Waals surface area contributed by atoms with E-state index < -0.39 is 16.1 Å². The molecule has 1 aromatic carbocycles. The number of rotatable bonds is 6. The molecular formula is C22H31N5O4S. The van der Waals surface area contributed by atoms with Crippen molar-refractivity contribution >= 4 is 27.7 Å². The number of nitrogens with zero attached hydrogens (tertiary/aromatic N) is 3. The number of amides is 2. The number of hydrogen-bond donors (Lipinski definition) is 2. The molecule has 9 nitrogen and oxygen atoms in total. The first kappa shape index (κ1) is 22.7. The van der Waals surface area contributed by atoms with Crippen LogP contribution in [0.4, 0.5) is 0 Å². The Kier molecular flexibility index (Phi) is 6.80. The van der Waals surface area contributed by atoms with E-state index in [0.29, 0.717) is 37.5 Å². The Balaban J connectivity index is 1.34. The third kappa shape index (κ3) is 4.80. The summed E-state index contributed by atoms with van der Waals surface area (Å²) in [6.45, 7) is 5.24. The lowest BCUT2D eigenvalue weighted by molar-refractivity contribution is -0.126. The molecule has 1 atom stereocenters. The van der Waals surface area contributed by atoms with Gasteiger partial charge in [-0.3, -0.25) is 14.5 Å². The Morgan fingerprint density at radius 1 is 1.12 bits per heavy atom. The maximum atomic E-state index is 13.1. The van der Waals surface area contributed by atoms with E-state index in [1.54, 1.807) is 24.3 Å². The third-order valence-electron chi connectivity index (χ3n) is 6.31. The van der Waals surface area contributed by atoms with E-state index in [4.69, 9.17) is 0 Å². The van der Waals surface area contributed by atoms with Crippen molar-refractivity contribution < 1.29 is 18.0 Å². The highest BCUT2D eigenvalue weighted by molar-refractivity contribution is 7.90. The molecule has 3 heterocycles. The molecule has 32 heavy (non-hydrogen) atoms. The number of sulfonamides is 1. The highest BCUT2D eigenvalue weighted by atomic mass is 32.2. The second kappa shape index (κ2) is 9.58. The molecule has 0 aliphatic carbocycles. The number of piperidine rings is 1. The van der Waals surface area contributed by atoms with E-state index in [9.17, 15) is 18.0 Å². The fraction of sp³-hybridized carbons (Fsp3) is 0.591. The first-order valence-electron chi connectivity index (χ1n) is 11.4. The van der Waals surface area contributed by atoms with Gasteiger partial charge in [-0.15, -0.1) is 4.40 Å². The van der Waals surface area contributed by atoms with Gasteiger partial charge >= 0.3 is 0 Å². The maximum absolute atomic E-state index is 13.1. The van der Waals surface area contributed by atoms with Gasteiger partial charge in [0, 0.05) is 37.8 Å². The fourth-order valence-electron chi connectivity index (χ4n) is 4.64. The zero-order chi connectivity index (χ0) is 22.7. The van der Waals surface area contributed by atoms with Gasteiger partial charge in [0.15, 0.2) is 5.84 Å². The summed E-state index contributed by atoms with van der Waals surface area (Å²) in [6.07, 6.45) is 3.98. The topological polar surface area (TPSA) is 111 Å². The van der Waals surface area contributed by atoms with Crippen LogP contribution in [0.3, 0.4) is 0 Å². The molecule has 1 aromatic rings. The summed E-state index contributed by atoms with van der Waals surface area (Å²) in [5, 5.41) is 6.05. The molecule has 0 aromatic heterocycles. The summed E-state index contributed by atoms with van der Waals surface area (Å²) >= 11 is 0. The Bertz CT molecular complexity index is 1000. The second-order valence-corrected chi connectivity index (χ2v) is 10.2. The predicted molar refractivity (Wildman–Crippen MR) is 121 cm³/mol. The number of likely N-dealkylation sites (tertiary alicyclic amines) is 2. The summed E-state index contributed by atoms with van der Waals surface area (Å²) in [7, 11) is -3.71. The van der Waals surface area contributed by atoms with Crippen molar-refractivity contribution in [1.82, 2.24) is 20.4 Å². The SMILES string of the molecule is CCCNC(=O)CN1CCC(NC(=O)[C@@H]2CCCN2C2=NS(=O)(=O)c3ccccc32)CC1. The molecule has 0 radical (unpaired) electrons. The van der Waals surface area contributed by atoms with Crippen LogP contribution < -0.4 is 10.6 Å². The average Bonchev–Trinajstić information content (AvgIpc) is 3.36. The predicted octanol–water partition coefficient (Wildman–Crippen LogP) is 0.707. The number of carbonyl (C=O) groups excluding carboxylic acids is 2. The number of benzene rings is 1. The maximum Gasteiger partial charge on any atom is 0.285 e. The monoisotopic (exact) mass is 461 g/mol. The molecule has 0 unspecified atom stereocenters. The van der Waals surface area contributed by atoms with Crippen molar-refractivity contribution in [2.45, 2.75) is 56.0 Å². The molecule has 0 saturated carbocycles. The van der Waals surface area contributed by atoms with Crippen LogP contribution in [0, 0.1) is 0 Å². The molecule has 0 bridgehead atoms. The van der Waals surface area contributed by atoms with E-state index in [-0.39, 0.29) is 22.8 Å². The zero-order valence-corrected chi connectivity index (χ0v) is 19.2. The lowest BCUT2D eigenvalue weighted by Crippen LogP contribution is -2.52. The van der Waals surface area contributed by atoms with Crippen LogP contribution in [-0.4, -0.2) is 80.7 Å². The smallest absolute Gasteiger partial charge is 0.285 e. The third-order valence-corrected chi connectivity index (χ3v) is 7.64. The zero-order valence-electron chi connectivity index (χ0n) is 18.4. The quantitative estimate of drug-likeness (QED) is 0.645. The van der Waals surface area contributed by atoms with Crippen molar-refractivity contribution in [2.24, 2.45) is 4.40 Å². The molecule has 3 aliphatic rings. The Labute approximate surface area is 189 Å². The van der Waals surface area contributed by atoms with Crippen LogP contribution in [-0.2, 0) is 19.6 Å². The molecule has 2 saturated heterocycles. The van der Waals surface area contributed by atoms with E-state index in [2.05, 4.69) is 19.9 Å². The van der Waals surface area contributed by atoms with E-state index in [0.717, 1.165) is 38.8 Å². The largest absolute Gasteiger partial charge is 0.355 e. The Morgan fingerprint density at radius 3 is 2.62 bits per heavy atom. The number of fused-ring (bicyclic) bond motifs is 1. The van der Waals surface area contributed by atoms with Gasteiger partial charge in [-0.05, 0) is 44.2 Å². The average molecular weight is 462 g/mol. The van der Waals surface area contributed by atoms with Crippen LogP contribution >= 0.6 is 0 Å². The van der Waals surface area contributed by atoms with Crippen LogP contribution in [0.1, 0.15) is 44.6 Å². The molecule has 2 fully saturated rings. The van der Waals surface area contributed by atoms with Crippen molar-refractivity contribution in [1.29, 1.82) is 0 Å². The molecule has 174 valence electrons. The van der Waals surface area contributed by atoms with Gasteiger partial charge in [-0.1, -0.05) is 19.1 Å². The Hall–Kier alpha value is -2.46. The molecular weight excluding hydrogens is 430 g/mol. The van der Waals surface area contributed by atoms with Gasteiger partial charge < -0.3 is 15.5 Å². The van der Waals surface area contributed by atoms with Crippen molar-refractivity contribution in [3.63, 3.8) is 0 Å². The first-order chi connectivity index (χ1) is 15.4. The minimum absolute atomic E-state index is 0.0449. The summed E-state index contributed by atoms with van der Waals surface area (Å²) < 4.78 is 28.9. The van der Waals surface area contributed by atoms with Gasteiger partial charge in [-0.25, -0.2) is 0 Å². The minimum atomic E-state index is -3.71. The highest BCUT2D eigenvalue weighted by Gasteiger charge is 2.39. The lowest BCUT2D eigenvalue weighted by atomic mass is 10.0. The van der Waals surface area contributed by atoms with Gasteiger partial charge in [0.2, 0.25) is 11.8 Å². The first-order valence-corrected chi connectivity index (χ1v) is 12.8. The van der Waals surface area contributed by atoms with Gasteiger partial charge in [0.05, 0.1) is 6.54 Å². The van der Waals surface area contributed by atoms with Crippen LogP contribution in [0.2, 0.25) is 0 Å². The minimum Gasteiger partial charge on any atom is -0.355 e. The summed E-state index contributed by atoms with van der Waals surface area (Å²) in [6, 6.07) is 6.41. The van der Waals surface area contributed by atoms with Crippen molar-refractivity contribution in [2.75, 3.05) is 32.7 Å². The molecule has 10 heteroatoms. The summed E-state index contributed by atoms with van der Waals surface area (Å²) in [5.74, 6) is 0.348. The standard InChI is InChI=1S/C22H31N5O4S/c1-2-11-23-20(28)15-26-13-9-16(10-14-26)24-22(29)18-7-5-12-27(18)21-17-6-3-4-8-19(17)32(30,31)25-21/h3-4,6,8,16,18H,2,5,7,9-15H2,1H3,(H,23,28)(H,24,29)/t18-/m0/s1. The van der Waals surface area contributed by atoms with Gasteiger partial charge in [-0.2, -0.15) is 8.42 Å². The Morgan fingerprint density at radius 2 is 1.88 bits per heavy atom. The number of nitrogens with one attached hydrogen (secondary N) is 2. The number of amidine groups is 1. The molecule has 0 spiro atoms. The summed E-state index contributed by atoms with van der Waals surface area (Å²) in [4.78, 5) is 29.2. The second-order valence-electron chi connectivity index (χ2n) is 8.65. The van der Waals surface area contributed by atoms with Crippen LogP contribution in [0.5, 0.6) is 0 Å². The van der Waals surface area contributed by atoms with Gasteiger partial charge in [0.1, 0.15) is 10.9 Å². The van der Waals surface area contributed by atoms with Gasteiger partial charge in [0.25, 0.3) is 10.0 Å². The van der Waals surface area contributed by atoms with Crippen LogP contribution in [0.25, 0.3) is 0 Å².